The van der Waals surface area contributed by atoms with Crippen molar-refractivity contribution < 1.29 is 35.8 Å². The first-order chi connectivity index (χ1) is 26.4. The molecule has 0 aliphatic heterocycles. The molecule has 2 aromatic heterocycles. The van der Waals surface area contributed by atoms with Gasteiger partial charge >= 0.3 is 16.1 Å². The molecule has 10 nitrogen and oxygen atoms in total. The second-order valence-corrected chi connectivity index (χ2v) is 17.9. The maximum absolute atomic E-state index is 14.4. The molecular formula is C43H42N2O8S2. The summed E-state index contributed by atoms with van der Waals surface area (Å²) in [5.74, 6) is 1.05. The highest BCUT2D eigenvalue weighted by Crippen LogP contribution is 2.70. The lowest BCUT2D eigenvalue weighted by molar-refractivity contribution is -0.157. The summed E-state index contributed by atoms with van der Waals surface area (Å²) >= 11 is 0. The summed E-state index contributed by atoms with van der Waals surface area (Å²) in [5, 5.41) is 0. The zero-order valence-corrected chi connectivity index (χ0v) is 32.6. The number of esters is 1. The van der Waals surface area contributed by atoms with Gasteiger partial charge in [0.15, 0.2) is 6.61 Å². The molecule has 0 bridgehead atoms. The van der Waals surface area contributed by atoms with Crippen LogP contribution in [0.1, 0.15) is 37.5 Å². The molecule has 12 heteroatoms. The van der Waals surface area contributed by atoms with Crippen LogP contribution in [-0.4, -0.2) is 36.6 Å². The zero-order chi connectivity index (χ0) is 38.9. The maximum atomic E-state index is 14.4. The fourth-order valence-corrected chi connectivity index (χ4v) is 10.6. The minimum atomic E-state index is -4.37. The fourth-order valence-electron chi connectivity index (χ4n) is 5.39. The van der Waals surface area contributed by atoms with Gasteiger partial charge in [0, 0.05) is 39.5 Å². The Bertz CT molecular complexity index is 2180. The van der Waals surface area contributed by atoms with Gasteiger partial charge in [-0.15, -0.1) is 0 Å². The van der Waals surface area contributed by atoms with Gasteiger partial charge in [-0.1, -0.05) is 17.7 Å². The monoisotopic (exact) mass is 778 g/mol. The lowest BCUT2D eigenvalue weighted by Gasteiger charge is -2.39. The van der Waals surface area contributed by atoms with Crippen LogP contribution in [0.3, 0.4) is 0 Å². The average molecular weight is 779 g/mol. The van der Waals surface area contributed by atoms with E-state index >= 15 is 0 Å². The normalized spacial score (nSPS) is 12.1. The molecule has 0 aliphatic carbocycles. The van der Waals surface area contributed by atoms with Crippen molar-refractivity contribution in [2.24, 2.45) is 0 Å². The van der Waals surface area contributed by atoms with Crippen LogP contribution in [0.25, 0.3) is 0 Å². The van der Waals surface area contributed by atoms with E-state index in [2.05, 4.69) is 9.97 Å². The standard InChI is InChI=1S/C43H42N2O8S2/c1-32-5-13-41(14-6-32)55(47,48)53-54(38-15-7-35(8-16-38)49-29-33-21-25-44-26-22-33,39-17-9-36(10-18-39)50-30-34-23-27-45-28-24-34)40-19-11-37(12-20-40)51-31-42(46)52-43(2,3)4/h5-28H,29-31H2,1-4H3. The Hall–Kier alpha value is -5.69. The Morgan fingerprint density at radius 2 is 0.927 bits per heavy atom. The molecule has 284 valence electrons. The van der Waals surface area contributed by atoms with E-state index in [0.717, 1.165) is 16.7 Å². The Labute approximate surface area is 323 Å². The van der Waals surface area contributed by atoms with Crippen LogP contribution in [0.5, 0.6) is 17.2 Å². The van der Waals surface area contributed by atoms with Gasteiger partial charge in [-0.3, -0.25) is 9.97 Å². The molecule has 2 heterocycles. The number of aryl methyl sites for hydroxylation is 1. The van der Waals surface area contributed by atoms with Crippen LogP contribution >= 0.6 is 10.3 Å². The number of hydrogen-bond acceptors (Lipinski definition) is 10. The molecule has 0 fully saturated rings. The molecule has 0 saturated carbocycles. The van der Waals surface area contributed by atoms with E-state index in [1.54, 1.807) is 106 Å². The zero-order valence-electron chi connectivity index (χ0n) is 31.0. The highest BCUT2D eigenvalue weighted by Gasteiger charge is 2.38. The molecule has 6 aromatic rings. The van der Waals surface area contributed by atoms with Gasteiger partial charge in [0.05, 0.1) is 4.90 Å². The third-order valence-electron chi connectivity index (χ3n) is 8.05. The van der Waals surface area contributed by atoms with Crippen molar-refractivity contribution in [3.8, 4) is 17.2 Å². The summed E-state index contributed by atoms with van der Waals surface area (Å²) in [4.78, 5) is 22.3. The molecule has 0 atom stereocenters. The average Bonchev–Trinajstić information content (AvgIpc) is 3.18. The first-order valence-corrected chi connectivity index (χ1v) is 20.4. The fraction of sp³-hybridized carbons (Fsp3) is 0.186. The lowest BCUT2D eigenvalue weighted by atomic mass is 10.2. The third kappa shape index (κ3) is 10.3. The smallest absolute Gasteiger partial charge is 0.344 e. The molecule has 0 N–H and O–H groups in total. The number of benzene rings is 4. The number of ether oxygens (including phenoxy) is 4. The van der Waals surface area contributed by atoms with Gasteiger partial charge in [-0.2, -0.15) is 8.42 Å². The predicted molar refractivity (Wildman–Crippen MR) is 210 cm³/mol. The van der Waals surface area contributed by atoms with E-state index < -0.39 is 32.0 Å². The number of carbonyl (C=O) groups excluding carboxylic acids is 1. The third-order valence-corrected chi connectivity index (χ3v) is 13.2. The van der Waals surface area contributed by atoms with Crippen molar-refractivity contribution in [3.05, 3.63) is 163 Å². The topological polar surface area (TPSA) is 123 Å². The number of carbonyl (C=O) groups is 1. The van der Waals surface area contributed by atoms with Crippen molar-refractivity contribution in [1.29, 1.82) is 0 Å². The number of pyridine rings is 2. The van der Waals surface area contributed by atoms with Gasteiger partial charge in [-0.05, 0) is 158 Å². The molecule has 0 saturated heterocycles. The molecule has 6 rings (SSSR count). The number of rotatable bonds is 15. The van der Waals surface area contributed by atoms with Crippen LogP contribution in [-0.2, 0) is 36.5 Å². The quantitative estimate of drug-likeness (QED) is 0.0933. The molecule has 0 aliphatic rings. The van der Waals surface area contributed by atoms with Gasteiger partial charge in [-0.25, -0.2) is 8.42 Å². The van der Waals surface area contributed by atoms with Crippen molar-refractivity contribution in [3.63, 3.8) is 0 Å². The Morgan fingerprint density at radius 3 is 1.33 bits per heavy atom. The van der Waals surface area contributed by atoms with E-state index in [1.165, 1.54) is 12.1 Å². The van der Waals surface area contributed by atoms with E-state index in [4.69, 9.17) is 22.6 Å². The summed E-state index contributed by atoms with van der Waals surface area (Å²) in [5.41, 5.74) is 2.15. The van der Waals surface area contributed by atoms with Crippen LogP contribution in [0.4, 0.5) is 0 Å². The van der Waals surface area contributed by atoms with Gasteiger partial charge in [0.25, 0.3) is 0 Å². The van der Waals surface area contributed by atoms with Crippen LogP contribution in [0.2, 0.25) is 0 Å². The van der Waals surface area contributed by atoms with Crippen LogP contribution in [0, 0.1) is 6.92 Å². The molecule has 0 radical (unpaired) electrons. The van der Waals surface area contributed by atoms with Crippen molar-refractivity contribution in [2.45, 2.75) is 66.1 Å². The van der Waals surface area contributed by atoms with Gasteiger partial charge in [0.1, 0.15) is 36.1 Å². The molecule has 0 spiro atoms. The van der Waals surface area contributed by atoms with Gasteiger partial charge < -0.3 is 18.9 Å². The second-order valence-electron chi connectivity index (χ2n) is 13.5. The number of aromatic nitrogens is 2. The first-order valence-electron chi connectivity index (χ1n) is 17.4. The molecular weight excluding hydrogens is 737 g/mol. The SMILES string of the molecule is Cc1ccc(S(=O)(=O)OS(c2ccc(OCC(=O)OC(C)(C)C)cc2)(c2ccc(OCc3ccncc3)cc2)c2ccc(OCc3ccncc3)cc2)cc1. The highest BCUT2D eigenvalue weighted by molar-refractivity contribution is 8.33. The molecule has 4 aromatic carbocycles. The molecule has 0 unspecified atom stereocenters. The summed E-state index contributed by atoms with van der Waals surface area (Å²) in [6.07, 6.45) is 6.81. The van der Waals surface area contributed by atoms with E-state index in [0.29, 0.717) is 45.1 Å². The largest absolute Gasteiger partial charge is 0.489 e. The Balaban J connectivity index is 1.42. The predicted octanol–water partition coefficient (Wildman–Crippen LogP) is 9.27. The minimum absolute atomic E-state index is 0.0156. The molecule has 0 amide bonds. The van der Waals surface area contributed by atoms with Crippen molar-refractivity contribution in [2.75, 3.05) is 6.61 Å². The lowest BCUT2D eigenvalue weighted by Crippen LogP contribution is -2.27. The number of nitrogens with zero attached hydrogens (tertiary/aromatic N) is 2. The van der Waals surface area contributed by atoms with E-state index in [9.17, 15) is 13.2 Å². The Kier molecular flexibility index (Phi) is 12.2. The number of hydrogen-bond donors (Lipinski definition) is 0. The van der Waals surface area contributed by atoms with Crippen molar-refractivity contribution >= 4 is 26.4 Å². The first kappa shape index (κ1) is 39.0. The molecule has 55 heavy (non-hydrogen) atoms. The summed E-state index contributed by atoms with van der Waals surface area (Å²) in [6, 6.07) is 35.4. The minimum Gasteiger partial charge on any atom is -0.489 e. The summed E-state index contributed by atoms with van der Waals surface area (Å²) < 4.78 is 58.6. The second kappa shape index (κ2) is 17.2. The summed E-state index contributed by atoms with van der Waals surface area (Å²) in [7, 11) is -7.42. The van der Waals surface area contributed by atoms with Gasteiger partial charge in [0.2, 0.25) is 0 Å². The summed E-state index contributed by atoms with van der Waals surface area (Å²) in [6.45, 7) is 7.59. The maximum Gasteiger partial charge on any atom is 0.344 e. The van der Waals surface area contributed by atoms with E-state index in [-0.39, 0.29) is 11.5 Å². The van der Waals surface area contributed by atoms with Crippen molar-refractivity contribution in [1.82, 2.24) is 9.97 Å². The Morgan fingerprint density at radius 1 is 0.545 bits per heavy atom. The highest BCUT2D eigenvalue weighted by atomic mass is 32.3. The van der Waals surface area contributed by atoms with Crippen LogP contribution in [0.15, 0.2) is 166 Å². The van der Waals surface area contributed by atoms with E-state index in [1.807, 2.05) is 55.5 Å². The van der Waals surface area contributed by atoms with Crippen LogP contribution < -0.4 is 14.2 Å².